The Bertz CT molecular complexity index is 1240. The van der Waals surface area contributed by atoms with Gasteiger partial charge in [0.2, 0.25) is 6.04 Å². The summed E-state index contributed by atoms with van der Waals surface area (Å²) in [5, 5.41) is 15.3. The van der Waals surface area contributed by atoms with Gasteiger partial charge in [0.15, 0.2) is 5.13 Å². The summed E-state index contributed by atoms with van der Waals surface area (Å²) in [6.07, 6.45) is 2.94. The molecule has 0 saturated carbocycles. The van der Waals surface area contributed by atoms with Crippen LogP contribution in [0.3, 0.4) is 0 Å². The van der Waals surface area contributed by atoms with Crippen molar-refractivity contribution in [2.45, 2.75) is 42.3 Å². The van der Waals surface area contributed by atoms with Gasteiger partial charge in [0.1, 0.15) is 21.8 Å². The number of pyridine rings is 1. The van der Waals surface area contributed by atoms with Crippen LogP contribution in [0.2, 0.25) is 4.34 Å². The van der Waals surface area contributed by atoms with Crippen molar-refractivity contribution in [2.75, 3.05) is 12.3 Å². The van der Waals surface area contributed by atoms with Crippen molar-refractivity contribution >= 4 is 57.6 Å². The third-order valence-electron chi connectivity index (χ3n) is 5.59. The summed E-state index contributed by atoms with van der Waals surface area (Å²) in [7, 11) is 0. The number of β-lactam (4-membered cyclic amide) rings is 1. The Kier molecular flexibility index (Phi) is 7.35. The van der Waals surface area contributed by atoms with Crippen molar-refractivity contribution in [1.29, 1.82) is 0 Å². The number of hydrogen-bond acceptors (Lipinski definition) is 11. The molecule has 2 aromatic heterocycles. The normalized spacial score (nSPS) is 20.2. The molecule has 4 rings (SSSR count). The number of aromatic nitrogens is 2. The second-order valence-electron chi connectivity index (χ2n) is 7.69. The molecule has 0 bridgehead atoms. The number of nitroso groups, excluding NO2 is 1. The van der Waals surface area contributed by atoms with Crippen LogP contribution in [0.15, 0.2) is 39.0 Å². The van der Waals surface area contributed by atoms with Crippen molar-refractivity contribution in [3.63, 3.8) is 0 Å². The van der Waals surface area contributed by atoms with Gasteiger partial charge in [-0.3, -0.25) is 19.5 Å². The Hall–Kier alpha value is -3.07. The molecular weight excluding hydrogens is 518 g/mol. The average molecular weight is 538 g/mol. The molecule has 2 aliphatic heterocycles. The van der Waals surface area contributed by atoms with Crippen LogP contribution in [-0.4, -0.2) is 56.4 Å². The molecule has 3 atom stereocenters. The van der Waals surface area contributed by atoms with E-state index in [-0.39, 0.29) is 20.9 Å². The van der Waals surface area contributed by atoms with Gasteiger partial charge in [-0.25, -0.2) is 9.78 Å². The number of carbonyl (C=O) groups is 3. The molecule has 2 amide bonds. The zero-order valence-electron chi connectivity index (χ0n) is 18.0. The van der Waals surface area contributed by atoms with Crippen LogP contribution in [0, 0.1) is 4.91 Å². The van der Waals surface area contributed by atoms with E-state index in [9.17, 15) is 24.4 Å². The monoisotopic (exact) mass is 537 g/mol. The quantitative estimate of drug-likeness (QED) is 0.270. The van der Waals surface area contributed by atoms with Gasteiger partial charge < -0.3 is 21.9 Å². The first-order valence-electron chi connectivity index (χ1n) is 10.4. The number of aliphatic carboxylic acids is 1. The van der Waals surface area contributed by atoms with Crippen molar-refractivity contribution < 1.29 is 19.5 Å². The molecule has 0 aromatic carbocycles. The zero-order chi connectivity index (χ0) is 25.3. The smallest absolute Gasteiger partial charge is 0.353 e. The van der Waals surface area contributed by atoms with Crippen LogP contribution >= 0.6 is 34.7 Å². The molecule has 3 unspecified atom stereocenters. The first kappa shape index (κ1) is 25.0. The second-order valence-corrected chi connectivity index (χ2v) is 10.5. The summed E-state index contributed by atoms with van der Waals surface area (Å²) in [4.78, 5) is 59.8. The van der Waals surface area contributed by atoms with Gasteiger partial charge in [-0.15, -0.1) is 4.91 Å². The molecule has 2 aromatic rings. The van der Waals surface area contributed by atoms with Gasteiger partial charge in [0.05, 0.1) is 11.7 Å². The molecule has 0 spiro atoms. The lowest BCUT2D eigenvalue weighted by atomic mass is 9.86. The maximum absolute atomic E-state index is 12.9. The van der Waals surface area contributed by atoms with Crippen molar-refractivity contribution in [1.82, 2.24) is 20.2 Å². The van der Waals surface area contributed by atoms with Gasteiger partial charge in [-0.05, 0) is 36.7 Å². The number of halogens is 1. The molecular formula is C20H20ClN7O5S2. The SMILES string of the molecule is NCCc1ncccc1SC1=C(C(=O)O)N2C(=O)C(NC(=O)C(N=O)c3nc(N)sc3Cl)C2CC1. The number of nitrogen functional groups attached to an aromatic ring is 1. The van der Waals surface area contributed by atoms with E-state index < -0.39 is 35.9 Å². The van der Waals surface area contributed by atoms with Gasteiger partial charge >= 0.3 is 5.97 Å². The minimum Gasteiger partial charge on any atom is -0.477 e. The van der Waals surface area contributed by atoms with Gasteiger partial charge in [-0.2, -0.15) is 0 Å². The zero-order valence-corrected chi connectivity index (χ0v) is 20.4. The standard InChI is InChI=1S/C20H20ClN7O5S2/c21-16-13(26-20(23)35-16)14(27-33)17(29)25-12-9-3-4-11(15(19(31)32)28(9)18(12)30)34-10-2-1-7-24-8(10)5-6-22/h1-2,7,9,12,14H,3-6,22H2,(H2,23,26)(H,25,29)(H,31,32). The topological polar surface area (TPSA) is 194 Å². The average Bonchev–Trinajstić information content (AvgIpc) is 3.16. The van der Waals surface area contributed by atoms with Crippen LogP contribution in [0.25, 0.3) is 0 Å². The Balaban J connectivity index is 1.54. The van der Waals surface area contributed by atoms with E-state index in [1.54, 1.807) is 12.3 Å². The fraction of sp³-hybridized carbons (Fsp3) is 0.350. The number of thiazole rings is 1. The molecule has 2 aliphatic rings. The van der Waals surface area contributed by atoms with Crippen molar-refractivity contribution in [3.8, 4) is 0 Å². The highest BCUT2D eigenvalue weighted by Gasteiger charge is 2.54. The number of anilines is 1. The number of amides is 2. The Morgan fingerprint density at radius 1 is 1.46 bits per heavy atom. The summed E-state index contributed by atoms with van der Waals surface area (Å²) >= 11 is 8.12. The lowest BCUT2D eigenvalue weighted by Gasteiger charge is -2.50. The van der Waals surface area contributed by atoms with E-state index in [4.69, 9.17) is 23.1 Å². The fourth-order valence-corrected chi connectivity index (χ4v) is 6.21. The third kappa shape index (κ3) is 4.74. The molecule has 1 fully saturated rings. The minimum absolute atomic E-state index is 0.0450. The predicted octanol–water partition coefficient (Wildman–Crippen LogP) is 1.66. The van der Waals surface area contributed by atoms with Gasteiger partial charge in [0, 0.05) is 22.4 Å². The van der Waals surface area contributed by atoms with E-state index in [2.05, 4.69) is 20.5 Å². The highest BCUT2D eigenvalue weighted by Crippen LogP contribution is 2.44. The number of carboxylic acid groups (broad SMARTS) is 1. The maximum Gasteiger partial charge on any atom is 0.353 e. The Labute approximate surface area is 212 Å². The second kappa shape index (κ2) is 10.3. The first-order valence-corrected chi connectivity index (χ1v) is 12.4. The van der Waals surface area contributed by atoms with E-state index in [0.29, 0.717) is 30.7 Å². The lowest BCUT2D eigenvalue weighted by molar-refractivity contribution is -0.156. The van der Waals surface area contributed by atoms with Crippen LogP contribution in [0.5, 0.6) is 0 Å². The van der Waals surface area contributed by atoms with Crippen LogP contribution in [-0.2, 0) is 20.8 Å². The van der Waals surface area contributed by atoms with Crippen LogP contribution in [0.1, 0.15) is 30.3 Å². The largest absolute Gasteiger partial charge is 0.477 e. The molecule has 1 saturated heterocycles. The molecule has 6 N–H and O–H groups in total. The van der Waals surface area contributed by atoms with Crippen LogP contribution < -0.4 is 16.8 Å². The molecule has 184 valence electrons. The van der Waals surface area contributed by atoms with Crippen molar-refractivity contribution in [2.24, 2.45) is 10.9 Å². The first-order chi connectivity index (χ1) is 16.8. The Morgan fingerprint density at radius 2 is 2.23 bits per heavy atom. The number of carbonyl (C=O) groups excluding carboxylic acids is 2. The van der Waals surface area contributed by atoms with Crippen LogP contribution in [0.4, 0.5) is 5.13 Å². The minimum atomic E-state index is -1.59. The molecule has 35 heavy (non-hydrogen) atoms. The van der Waals surface area contributed by atoms with Gasteiger partial charge in [0.25, 0.3) is 11.8 Å². The summed E-state index contributed by atoms with van der Waals surface area (Å²) in [6.45, 7) is 0.388. The van der Waals surface area contributed by atoms with E-state index >= 15 is 0 Å². The lowest BCUT2D eigenvalue weighted by Crippen LogP contribution is -2.71. The molecule has 4 heterocycles. The number of thioether (sulfide) groups is 1. The highest BCUT2D eigenvalue weighted by molar-refractivity contribution is 8.03. The molecule has 0 aliphatic carbocycles. The Morgan fingerprint density at radius 3 is 2.86 bits per heavy atom. The summed E-state index contributed by atoms with van der Waals surface area (Å²) in [6, 6.07) is 0.393. The van der Waals surface area contributed by atoms with E-state index in [1.165, 1.54) is 16.7 Å². The predicted molar refractivity (Wildman–Crippen MR) is 129 cm³/mol. The summed E-state index contributed by atoms with van der Waals surface area (Å²) in [5.41, 5.74) is 11.7. The number of nitrogens with zero attached hydrogens (tertiary/aromatic N) is 4. The van der Waals surface area contributed by atoms with Crippen molar-refractivity contribution in [3.05, 3.63) is 49.6 Å². The molecule has 0 radical (unpaired) electrons. The number of allylic oxidation sites excluding steroid dienone is 1. The number of carboxylic acids is 1. The van der Waals surface area contributed by atoms with Gasteiger partial charge in [-0.1, -0.05) is 34.7 Å². The number of nitrogens with one attached hydrogen (secondary N) is 1. The molecule has 15 heteroatoms. The number of rotatable bonds is 9. The van der Waals surface area contributed by atoms with E-state index in [1.807, 2.05) is 6.07 Å². The fourth-order valence-electron chi connectivity index (χ4n) is 4.05. The number of nitrogens with two attached hydrogens (primary N) is 2. The summed E-state index contributed by atoms with van der Waals surface area (Å²) in [5.74, 6) is -2.72. The number of fused-ring (bicyclic) bond motifs is 1. The third-order valence-corrected chi connectivity index (χ3v) is 7.94. The highest BCUT2D eigenvalue weighted by atomic mass is 35.5. The number of hydrogen-bond donors (Lipinski definition) is 4. The van der Waals surface area contributed by atoms with E-state index in [0.717, 1.165) is 21.9 Å². The molecule has 12 nitrogen and oxygen atoms in total. The summed E-state index contributed by atoms with van der Waals surface area (Å²) < 4.78 is 0.0450. The maximum atomic E-state index is 12.9.